The number of benzene rings is 1. The molecule has 17 heavy (non-hydrogen) atoms. The standard InChI is InChI=1S/C15H23NO/c1-5-6-12(3)15(17)16-13(4)14-9-7-11(2)8-10-14/h7-10,12-13H,5-6H2,1-4H3,(H,16,17). The van der Waals surface area contributed by atoms with Crippen molar-refractivity contribution in [1.29, 1.82) is 0 Å². The molecule has 2 nitrogen and oxygen atoms in total. The Labute approximate surface area is 104 Å². The summed E-state index contributed by atoms with van der Waals surface area (Å²) in [5, 5.41) is 3.06. The van der Waals surface area contributed by atoms with Crippen molar-refractivity contribution in [2.75, 3.05) is 0 Å². The number of hydrogen-bond acceptors (Lipinski definition) is 1. The molecule has 1 aromatic carbocycles. The van der Waals surface area contributed by atoms with E-state index in [1.807, 2.05) is 13.8 Å². The van der Waals surface area contributed by atoms with Crippen LogP contribution in [-0.4, -0.2) is 5.91 Å². The maximum atomic E-state index is 11.9. The molecular weight excluding hydrogens is 210 g/mol. The molecule has 2 unspecified atom stereocenters. The van der Waals surface area contributed by atoms with Crippen LogP contribution in [0, 0.1) is 12.8 Å². The van der Waals surface area contributed by atoms with Crippen LogP contribution in [-0.2, 0) is 4.79 Å². The quantitative estimate of drug-likeness (QED) is 0.827. The highest BCUT2D eigenvalue weighted by atomic mass is 16.1. The van der Waals surface area contributed by atoms with E-state index >= 15 is 0 Å². The van der Waals surface area contributed by atoms with Crippen molar-refractivity contribution < 1.29 is 4.79 Å². The molecule has 0 saturated heterocycles. The molecule has 0 aliphatic heterocycles. The zero-order chi connectivity index (χ0) is 12.8. The molecule has 1 aromatic rings. The molecule has 0 aliphatic rings. The van der Waals surface area contributed by atoms with Gasteiger partial charge in [0.2, 0.25) is 5.91 Å². The molecule has 0 heterocycles. The molecule has 0 radical (unpaired) electrons. The first-order valence-corrected chi connectivity index (χ1v) is 6.41. The summed E-state index contributed by atoms with van der Waals surface area (Å²) >= 11 is 0. The number of carbonyl (C=O) groups is 1. The predicted octanol–water partition coefficient (Wildman–Crippen LogP) is 3.61. The van der Waals surface area contributed by atoms with Crippen molar-refractivity contribution in [2.24, 2.45) is 5.92 Å². The van der Waals surface area contributed by atoms with Crippen LogP contribution in [0.3, 0.4) is 0 Å². The van der Waals surface area contributed by atoms with Crippen LogP contribution in [0.4, 0.5) is 0 Å². The molecule has 1 amide bonds. The van der Waals surface area contributed by atoms with Crippen LogP contribution in [0.5, 0.6) is 0 Å². The van der Waals surface area contributed by atoms with Gasteiger partial charge >= 0.3 is 0 Å². The van der Waals surface area contributed by atoms with Crippen LogP contribution in [0.2, 0.25) is 0 Å². The fourth-order valence-corrected chi connectivity index (χ4v) is 1.86. The van der Waals surface area contributed by atoms with Gasteiger partial charge in [-0.15, -0.1) is 0 Å². The smallest absolute Gasteiger partial charge is 0.223 e. The molecule has 1 N–H and O–H groups in total. The Morgan fingerprint density at radius 2 is 1.82 bits per heavy atom. The maximum Gasteiger partial charge on any atom is 0.223 e. The molecule has 2 atom stereocenters. The summed E-state index contributed by atoms with van der Waals surface area (Å²) in [6.07, 6.45) is 2.00. The van der Waals surface area contributed by atoms with Crippen molar-refractivity contribution in [3.63, 3.8) is 0 Å². The SMILES string of the molecule is CCCC(C)C(=O)NC(C)c1ccc(C)cc1. The molecule has 0 saturated carbocycles. The van der Waals surface area contributed by atoms with Gasteiger partial charge in [0.1, 0.15) is 0 Å². The van der Waals surface area contributed by atoms with Gasteiger partial charge < -0.3 is 5.32 Å². The van der Waals surface area contributed by atoms with Gasteiger partial charge in [-0.25, -0.2) is 0 Å². The number of nitrogens with one attached hydrogen (secondary N) is 1. The molecule has 0 aromatic heterocycles. The van der Waals surface area contributed by atoms with E-state index in [1.165, 1.54) is 5.56 Å². The summed E-state index contributed by atoms with van der Waals surface area (Å²) in [5.74, 6) is 0.257. The zero-order valence-corrected chi connectivity index (χ0v) is 11.3. The molecule has 1 rings (SSSR count). The highest BCUT2D eigenvalue weighted by Crippen LogP contribution is 2.14. The molecule has 0 fully saturated rings. The van der Waals surface area contributed by atoms with E-state index in [0.29, 0.717) is 0 Å². The van der Waals surface area contributed by atoms with Crippen LogP contribution in [0.1, 0.15) is 50.8 Å². The lowest BCUT2D eigenvalue weighted by Gasteiger charge is -2.17. The van der Waals surface area contributed by atoms with Gasteiger partial charge in [-0.2, -0.15) is 0 Å². The van der Waals surface area contributed by atoms with Crippen LogP contribution >= 0.6 is 0 Å². The molecule has 0 bridgehead atoms. The van der Waals surface area contributed by atoms with Gasteiger partial charge in [0.25, 0.3) is 0 Å². The van der Waals surface area contributed by atoms with Gasteiger partial charge in [-0.3, -0.25) is 4.79 Å². The summed E-state index contributed by atoms with van der Waals surface area (Å²) in [5.41, 5.74) is 2.40. The predicted molar refractivity (Wildman–Crippen MR) is 71.8 cm³/mol. The molecule has 94 valence electrons. The third-order valence-electron chi connectivity index (χ3n) is 3.11. The largest absolute Gasteiger partial charge is 0.349 e. The Morgan fingerprint density at radius 3 is 2.35 bits per heavy atom. The molecule has 0 aliphatic carbocycles. The summed E-state index contributed by atoms with van der Waals surface area (Å²) < 4.78 is 0. The topological polar surface area (TPSA) is 29.1 Å². The van der Waals surface area contributed by atoms with E-state index in [9.17, 15) is 4.79 Å². The van der Waals surface area contributed by atoms with E-state index in [4.69, 9.17) is 0 Å². The number of hydrogen-bond donors (Lipinski definition) is 1. The minimum Gasteiger partial charge on any atom is -0.349 e. The average molecular weight is 233 g/mol. The summed E-state index contributed by atoms with van der Waals surface area (Å²) in [4.78, 5) is 11.9. The van der Waals surface area contributed by atoms with Crippen molar-refractivity contribution >= 4 is 5.91 Å². The third kappa shape index (κ3) is 4.22. The van der Waals surface area contributed by atoms with E-state index in [1.54, 1.807) is 0 Å². The van der Waals surface area contributed by atoms with Crippen molar-refractivity contribution in [3.8, 4) is 0 Å². The van der Waals surface area contributed by atoms with Crippen molar-refractivity contribution in [3.05, 3.63) is 35.4 Å². The van der Waals surface area contributed by atoms with Gasteiger partial charge in [-0.1, -0.05) is 50.1 Å². The average Bonchev–Trinajstić information content (AvgIpc) is 2.30. The minimum absolute atomic E-state index is 0.0856. The lowest BCUT2D eigenvalue weighted by atomic mass is 10.0. The number of carbonyl (C=O) groups excluding carboxylic acids is 1. The minimum atomic E-state index is 0.0856. The summed E-state index contributed by atoms with van der Waals surface area (Å²) in [6.45, 7) is 8.19. The van der Waals surface area contributed by atoms with E-state index in [0.717, 1.165) is 18.4 Å². The van der Waals surface area contributed by atoms with Crippen LogP contribution < -0.4 is 5.32 Å². The van der Waals surface area contributed by atoms with E-state index in [2.05, 4.69) is 43.4 Å². The first kappa shape index (κ1) is 13.8. The lowest BCUT2D eigenvalue weighted by molar-refractivity contribution is -0.125. The first-order valence-electron chi connectivity index (χ1n) is 6.41. The Morgan fingerprint density at radius 1 is 1.24 bits per heavy atom. The number of aryl methyl sites for hydroxylation is 1. The van der Waals surface area contributed by atoms with Crippen LogP contribution in [0.15, 0.2) is 24.3 Å². The number of rotatable bonds is 5. The van der Waals surface area contributed by atoms with Gasteiger partial charge in [0.15, 0.2) is 0 Å². The first-order chi connectivity index (χ1) is 8.04. The normalized spacial score (nSPS) is 14.1. The molecular formula is C15H23NO. The van der Waals surface area contributed by atoms with Gasteiger partial charge in [0, 0.05) is 5.92 Å². The number of amides is 1. The Kier molecular flexibility index (Phi) is 5.20. The van der Waals surface area contributed by atoms with Crippen LogP contribution in [0.25, 0.3) is 0 Å². The van der Waals surface area contributed by atoms with Crippen molar-refractivity contribution in [2.45, 2.75) is 46.6 Å². The maximum absolute atomic E-state index is 11.9. The van der Waals surface area contributed by atoms with Crippen molar-refractivity contribution in [1.82, 2.24) is 5.32 Å². The second-order valence-corrected chi connectivity index (χ2v) is 4.83. The molecule has 2 heteroatoms. The Hall–Kier alpha value is -1.31. The molecule has 0 spiro atoms. The van der Waals surface area contributed by atoms with E-state index in [-0.39, 0.29) is 17.9 Å². The Bertz CT molecular complexity index is 356. The summed E-state index contributed by atoms with van der Waals surface area (Å²) in [6, 6.07) is 8.39. The van der Waals surface area contributed by atoms with Gasteiger partial charge in [-0.05, 0) is 25.8 Å². The third-order valence-corrected chi connectivity index (χ3v) is 3.11. The Balaban J connectivity index is 2.57. The highest BCUT2D eigenvalue weighted by molar-refractivity contribution is 5.78. The lowest BCUT2D eigenvalue weighted by Crippen LogP contribution is -2.31. The fraction of sp³-hybridized carbons (Fsp3) is 0.533. The van der Waals surface area contributed by atoms with E-state index < -0.39 is 0 Å². The summed E-state index contributed by atoms with van der Waals surface area (Å²) in [7, 11) is 0. The second kappa shape index (κ2) is 6.43. The zero-order valence-electron chi connectivity index (χ0n) is 11.3. The van der Waals surface area contributed by atoms with Gasteiger partial charge in [0.05, 0.1) is 6.04 Å². The highest BCUT2D eigenvalue weighted by Gasteiger charge is 2.14. The fourth-order valence-electron chi connectivity index (χ4n) is 1.86. The second-order valence-electron chi connectivity index (χ2n) is 4.83. The monoisotopic (exact) mass is 233 g/mol.